The summed E-state index contributed by atoms with van der Waals surface area (Å²) < 4.78 is 5.81. The number of carbonyl (C=O) groups is 1. The highest BCUT2D eigenvalue weighted by Crippen LogP contribution is 2.35. The second kappa shape index (κ2) is 6.52. The molecule has 1 saturated heterocycles. The van der Waals surface area contributed by atoms with Gasteiger partial charge in [0, 0.05) is 25.6 Å². The van der Waals surface area contributed by atoms with Gasteiger partial charge in [-0.25, -0.2) is 4.98 Å². The molecule has 3 rings (SSSR count). The van der Waals surface area contributed by atoms with Crippen molar-refractivity contribution in [1.29, 1.82) is 0 Å². The summed E-state index contributed by atoms with van der Waals surface area (Å²) >= 11 is 1.61. The molecule has 5 heteroatoms. The third kappa shape index (κ3) is 3.94. The summed E-state index contributed by atoms with van der Waals surface area (Å²) in [4.78, 5) is 20.6. The van der Waals surface area contributed by atoms with Crippen molar-refractivity contribution in [2.75, 3.05) is 13.2 Å². The van der Waals surface area contributed by atoms with Crippen molar-refractivity contribution in [3.63, 3.8) is 0 Å². The average Bonchev–Trinajstić information content (AvgIpc) is 3.20. The number of hydrogen-bond acceptors (Lipinski definition) is 4. The Hall–Kier alpha value is -0.940. The lowest BCUT2D eigenvalue weighted by atomic mass is 9.92. The van der Waals surface area contributed by atoms with Crippen LogP contribution >= 0.6 is 11.3 Å². The number of hydrogen-bond donors (Lipinski definition) is 0. The Balaban J connectivity index is 1.75. The lowest BCUT2D eigenvalue weighted by molar-refractivity contribution is -0.0776. The monoisotopic (exact) mass is 336 g/mol. The van der Waals surface area contributed by atoms with Gasteiger partial charge in [0.25, 0.3) is 5.91 Å². The maximum Gasteiger partial charge on any atom is 0.266 e. The van der Waals surface area contributed by atoms with E-state index in [0.717, 1.165) is 53.9 Å². The van der Waals surface area contributed by atoms with Gasteiger partial charge in [0.2, 0.25) is 0 Å². The number of thiazole rings is 1. The molecule has 1 amide bonds. The Bertz CT molecular complexity index is 578. The number of aryl methyl sites for hydroxylation is 1. The summed E-state index contributed by atoms with van der Waals surface area (Å²) in [5.41, 5.74) is 0.761. The highest BCUT2D eigenvalue weighted by Gasteiger charge is 2.35. The highest BCUT2D eigenvalue weighted by molar-refractivity contribution is 7.13. The molecule has 0 aromatic carbocycles. The van der Waals surface area contributed by atoms with E-state index in [4.69, 9.17) is 4.74 Å². The molecule has 2 fully saturated rings. The summed E-state index contributed by atoms with van der Waals surface area (Å²) in [6.07, 6.45) is 5.52. The predicted octanol–water partition coefficient (Wildman–Crippen LogP) is 3.82. The van der Waals surface area contributed by atoms with Gasteiger partial charge < -0.3 is 9.64 Å². The van der Waals surface area contributed by atoms with E-state index in [1.54, 1.807) is 11.3 Å². The minimum atomic E-state index is -0.142. The molecule has 0 N–H and O–H groups in total. The quantitative estimate of drug-likeness (QED) is 0.821. The van der Waals surface area contributed by atoms with Crippen LogP contribution in [0.5, 0.6) is 0 Å². The Morgan fingerprint density at radius 1 is 1.39 bits per heavy atom. The summed E-state index contributed by atoms with van der Waals surface area (Å²) in [5.74, 6) is 0.967. The van der Waals surface area contributed by atoms with E-state index in [-0.39, 0.29) is 17.6 Å². The normalized spacial score (nSPS) is 23.7. The van der Waals surface area contributed by atoms with Gasteiger partial charge in [-0.2, -0.15) is 0 Å². The van der Waals surface area contributed by atoms with Gasteiger partial charge in [-0.1, -0.05) is 0 Å². The molecule has 1 aromatic rings. The van der Waals surface area contributed by atoms with Crippen LogP contribution in [-0.2, 0) is 11.2 Å². The summed E-state index contributed by atoms with van der Waals surface area (Å²) in [5, 5.41) is 1.14. The van der Waals surface area contributed by atoms with Crippen LogP contribution in [-0.4, -0.2) is 40.6 Å². The van der Waals surface area contributed by atoms with Gasteiger partial charge in [0.1, 0.15) is 4.88 Å². The van der Waals surface area contributed by atoms with Crippen LogP contribution < -0.4 is 0 Å². The van der Waals surface area contributed by atoms with Crippen LogP contribution in [0.15, 0.2) is 0 Å². The molecule has 1 aliphatic carbocycles. The lowest BCUT2D eigenvalue weighted by Gasteiger charge is -2.40. The van der Waals surface area contributed by atoms with E-state index in [1.165, 1.54) is 12.8 Å². The molecule has 1 saturated carbocycles. The first kappa shape index (κ1) is 16.9. The van der Waals surface area contributed by atoms with Gasteiger partial charge in [-0.3, -0.25) is 4.79 Å². The Labute approximate surface area is 143 Å². The summed E-state index contributed by atoms with van der Waals surface area (Å²) in [7, 11) is 0. The molecule has 2 heterocycles. The van der Waals surface area contributed by atoms with Crippen molar-refractivity contribution in [3.8, 4) is 0 Å². The fourth-order valence-corrected chi connectivity index (χ4v) is 4.61. The molecule has 4 nitrogen and oxygen atoms in total. The molecule has 1 aromatic heterocycles. The molecule has 0 bridgehead atoms. The van der Waals surface area contributed by atoms with Crippen LogP contribution in [0.4, 0.5) is 0 Å². The van der Waals surface area contributed by atoms with Crippen molar-refractivity contribution in [3.05, 3.63) is 15.6 Å². The molecule has 1 atom stereocenters. The molecule has 1 unspecified atom stereocenters. The van der Waals surface area contributed by atoms with Crippen LogP contribution in [0.1, 0.15) is 66.8 Å². The van der Waals surface area contributed by atoms with E-state index >= 15 is 0 Å². The van der Waals surface area contributed by atoms with Crippen molar-refractivity contribution in [2.24, 2.45) is 5.92 Å². The lowest BCUT2D eigenvalue weighted by Crippen LogP contribution is -2.48. The Morgan fingerprint density at radius 3 is 2.74 bits per heavy atom. The van der Waals surface area contributed by atoms with Gasteiger partial charge in [0.05, 0.1) is 16.3 Å². The zero-order chi connectivity index (χ0) is 16.6. The minimum Gasteiger partial charge on any atom is -0.375 e. The Kier molecular flexibility index (Phi) is 4.79. The number of nitrogens with zero attached hydrogens (tertiary/aromatic N) is 2. The zero-order valence-electron chi connectivity index (χ0n) is 14.7. The third-order valence-electron chi connectivity index (χ3n) is 4.91. The maximum atomic E-state index is 13.1. The van der Waals surface area contributed by atoms with Crippen molar-refractivity contribution < 1.29 is 9.53 Å². The first-order valence-corrected chi connectivity index (χ1v) is 9.62. The van der Waals surface area contributed by atoms with Crippen LogP contribution in [0, 0.1) is 12.8 Å². The number of carbonyl (C=O) groups excluding carboxylic acids is 1. The fourth-order valence-electron chi connectivity index (χ4n) is 3.47. The van der Waals surface area contributed by atoms with Gasteiger partial charge >= 0.3 is 0 Å². The molecule has 0 radical (unpaired) electrons. The number of aromatic nitrogens is 1. The third-order valence-corrected chi connectivity index (χ3v) is 6.08. The van der Waals surface area contributed by atoms with Crippen molar-refractivity contribution in [1.82, 2.24) is 9.88 Å². The first-order valence-electron chi connectivity index (χ1n) is 8.81. The van der Waals surface area contributed by atoms with E-state index < -0.39 is 0 Å². The standard InChI is InChI=1S/C18H28N2O2S/c1-5-20(14-8-9-22-18(3,4)11-14)17(21)16-12(2)19-15(23-16)10-13-6-7-13/h13-14H,5-11H2,1-4H3. The van der Waals surface area contributed by atoms with E-state index in [9.17, 15) is 4.79 Å². The molecule has 23 heavy (non-hydrogen) atoms. The minimum absolute atomic E-state index is 0.142. The van der Waals surface area contributed by atoms with Crippen LogP contribution in [0.3, 0.4) is 0 Å². The molecule has 2 aliphatic rings. The predicted molar refractivity (Wildman–Crippen MR) is 93.0 cm³/mol. The second-order valence-corrected chi connectivity index (χ2v) is 8.60. The van der Waals surface area contributed by atoms with Gasteiger partial charge in [0.15, 0.2) is 0 Å². The highest BCUT2D eigenvalue weighted by atomic mass is 32.1. The SMILES string of the molecule is CCN(C(=O)c1sc(CC2CC2)nc1C)C1CCOC(C)(C)C1. The van der Waals surface area contributed by atoms with Crippen LogP contribution in [0.25, 0.3) is 0 Å². The maximum absolute atomic E-state index is 13.1. The zero-order valence-corrected chi connectivity index (χ0v) is 15.5. The number of ether oxygens (including phenoxy) is 1. The smallest absolute Gasteiger partial charge is 0.266 e. The molecule has 1 aliphatic heterocycles. The first-order chi connectivity index (χ1) is 10.9. The van der Waals surface area contributed by atoms with Crippen LogP contribution in [0.2, 0.25) is 0 Å². The Morgan fingerprint density at radius 2 is 2.13 bits per heavy atom. The molecule has 0 spiro atoms. The second-order valence-electron chi connectivity index (χ2n) is 7.52. The van der Waals surface area contributed by atoms with Crippen molar-refractivity contribution in [2.45, 2.75) is 71.4 Å². The van der Waals surface area contributed by atoms with E-state index in [2.05, 4.69) is 25.8 Å². The topological polar surface area (TPSA) is 42.4 Å². The molecular weight excluding hydrogens is 308 g/mol. The summed E-state index contributed by atoms with van der Waals surface area (Å²) in [6, 6.07) is 0.268. The van der Waals surface area contributed by atoms with Crippen molar-refractivity contribution >= 4 is 17.2 Å². The molecule has 128 valence electrons. The number of rotatable bonds is 5. The average molecular weight is 337 g/mol. The summed E-state index contributed by atoms with van der Waals surface area (Å²) in [6.45, 7) is 9.75. The number of amides is 1. The molecular formula is C18H28N2O2S. The van der Waals surface area contributed by atoms with E-state index in [0.29, 0.717) is 0 Å². The van der Waals surface area contributed by atoms with Gasteiger partial charge in [-0.05, 0) is 59.3 Å². The largest absolute Gasteiger partial charge is 0.375 e. The fraction of sp³-hybridized carbons (Fsp3) is 0.778. The van der Waals surface area contributed by atoms with E-state index in [1.807, 2.05) is 11.8 Å². The van der Waals surface area contributed by atoms with Gasteiger partial charge in [-0.15, -0.1) is 11.3 Å².